The van der Waals surface area contributed by atoms with Crippen LogP contribution in [0.3, 0.4) is 0 Å². The van der Waals surface area contributed by atoms with Gasteiger partial charge in [0.25, 0.3) is 5.91 Å². The number of nitrogens with one attached hydrogen (secondary N) is 3. The summed E-state index contributed by atoms with van der Waals surface area (Å²) in [6.45, 7) is 7.09. The molecule has 0 radical (unpaired) electrons. The molecule has 29 heavy (non-hydrogen) atoms. The molecule has 0 spiro atoms. The summed E-state index contributed by atoms with van der Waals surface area (Å²) >= 11 is 0. The van der Waals surface area contributed by atoms with Crippen molar-refractivity contribution in [2.75, 3.05) is 23.7 Å². The third kappa shape index (κ3) is 6.04. The summed E-state index contributed by atoms with van der Waals surface area (Å²) in [6.07, 6.45) is 0.961. The quantitative estimate of drug-likeness (QED) is 0.502. The van der Waals surface area contributed by atoms with E-state index in [9.17, 15) is 4.79 Å². The lowest BCUT2D eigenvalue weighted by Gasteiger charge is -2.11. The van der Waals surface area contributed by atoms with E-state index in [0.717, 1.165) is 23.6 Å². The number of rotatable bonds is 8. The predicted octanol–water partition coefficient (Wildman–Crippen LogP) is 4.24. The minimum atomic E-state index is -0.0821. The first-order valence-electron chi connectivity index (χ1n) is 9.84. The fourth-order valence-corrected chi connectivity index (χ4v) is 2.84. The van der Waals surface area contributed by atoms with Gasteiger partial charge in [-0.1, -0.05) is 36.8 Å². The number of aromatic nitrogens is 2. The fraction of sp³-hybridized carbons (Fsp3) is 0.261. The molecular formula is C23H27N5O. The Morgan fingerprint density at radius 3 is 2.34 bits per heavy atom. The molecule has 0 aliphatic heterocycles. The highest BCUT2D eigenvalue weighted by atomic mass is 16.1. The molecule has 6 nitrogen and oxygen atoms in total. The highest BCUT2D eigenvalue weighted by molar-refractivity contribution is 5.94. The number of nitrogens with zero attached hydrogens (tertiary/aromatic N) is 2. The molecule has 2 aromatic carbocycles. The molecule has 0 fully saturated rings. The fourth-order valence-electron chi connectivity index (χ4n) is 2.84. The third-order valence-electron chi connectivity index (χ3n) is 4.50. The molecule has 3 aromatic rings. The SMILES string of the molecule is CCc1ccc(C(=O)NCCNc2nc(C)cc(Nc3ccc(C)cc3)n2)cc1. The molecule has 6 heteroatoms. The maximum absolute atomic E-state index is 12.2. The van der Waals surface area contributed by atoms with Gasteiger partial charge < -0.3 is 16.0 Å². The van der Waals surface area contributed by atoms with Gasteiger partial charge in [0.15, 0.2) is 0 Å². The molecule has 0 unspecified atom stereocenters. The highest BCUT2D eigenvalue weighted by Gasteiger charge is 2.06. The smallest absolute Gasteiger partial charge is 0.251 e. The van der Waals surface area contributed by atoms with E-state index >= 15 is 0 Å². The van der Waals surface area contributed by atoms with E-state index in [1.54, 1.807) is 0 Å². The molecule has 0 saturated carbocycles. The van der Waals surface area contributed by atoms with Crippen molar-refractivity contribution in [3.8, 4) is 0 Å². The monoisotopic (exact) mass is 389 g/mol. The van der Waals surface area contributed by atoms with E-state index in [0.29, 0.717) is 24.6 Å². The summed E-state index contributed by atoms with van der Waals surface area (Å²) in [5.41, 5.74) is 4.92. The van der Waals surface area contributed by atoms with Crippen molar-refractivity contribution in [3.05, 3.63) is 77.0 Å². The van der Waals surface area contributed by atoms with Crippen LogP contribution in [0.25, 0.3) is 0 Å². The second-order valence-corrected chi connectivity index (χ2v) is 6.94. The minimum Gasteiger partial charge on any atom is -0.352 e. The van der Waals surface area contributed by atoms with Gasteiger partial charge in [-0.25, -0.2) is 4.98 Å². The number of anilines is 3. The van der Waals surface area contributed by atoms with Gasteiger partial charge in [-0.3, -0.25) is 4.79 Å². The van der Waals surface area contributed by atoms with Gasteiger partial charge in [0.05, 0.1) is 0 Å². The number of aryl methyl sites for hydroxylation is 3. The summed E-state index contributed by atoms with van der Waals surface area (Å²) in [6, 6.07) is 17.7. The lowest BCUT2D eigenvalue weighted by molar-refractivity contribution is 0.0955. The average Bonchev–Trinajstić information content (AvgIpc) is 2.72. The van der Waals surface area contributed by atoms with Gasteiger partial charge in [-0.2, -0.15) is 4.98 Å². The van der Waals surface area contributed by atoms with Crippen molar-refractivity contribution in [2.45, 2.75) is 27.2 Å². The molecule has 0 bridgehead atoms. The van der Waals surface area contributed by atoms with Crippen LogP contribution in [0.5, 0.6) is 0 Å². The lowest BCUT2D eigenvalue weighted by atomic mass is 10.1. The zero-order valence-corrected chi connectivity index (χ0v) is 17.1. The van der Waals surface area contributed by atoms with Crippen LogP contribution >= 0.6 is 0 Å². The maximum Gasteiger partial charge on any atom is 0.251 e. The molecule has 0 atom stereocenters. The second-order valence-electron chi connectivity index (χ2n) is 6.94. The molecule has 1 heterocycles. The van der Waals surface area contributed by atoms with E-state index in [-0.39, 0.29) is 5.91 Å². The van der Waals surface area contributed by atoms with Crippen LogP contribution < -0.4 is 16.0 Å². The molecule has 0 saturated heterocycles. The molecule has 0 aliphatic carbocycles. The Hall–Kier alpha value is -3.41. The topological polar surface area (TPSA) is 78.9 Å². The molecule has 0 aliphatic rings. The highest BCUT2D eigenvalue weighted by Crippen LogP contribution is 2.17. The molecule has 150 valence electrons. The van der Waals surface area contributed by atoms with Gasteiger partial charge in [0.2, 0.25) is 5.95 Å². The molecule has 3 rings (SSSR count). The summed E-state index contributed by atoms with van der Waals surface area (Å²) in [5, 5.41) is 9.37. The summed E-state index contributed by atoms with van der Waals surface area (Å²) in [5.74, 6) is 1.17. The number of benzene rings is 2. The zero-order chi connectivity index (χ0) is 20.6. The summed E-state index contributed by atoms with van der Waals surface area (Å²) < 4.78 is 0. The van der Waals surface area contributed by atoms with Gasteiger partial charge >= 0.3 is 0 Å². The number of carbonyl (C=O) groups excluding carboxylic acids is 1. The second kappa shape index (κ2) is 9.68. The lowest BCUT2D eigenvalue weighted by Crippen LogP contribution is -2.29. The first-order valence-corrected chi connectivity index (χ1v) is 9.84. The standard InChI is InChI=1S/C23H27N5O/c1-4-18-7-9-19(10-8-18)22(29)24-13-14-25-23-26-17(3)15-21(28-23)27-20-11-5-16(2)6-12-20/h5-12,15H,4,13-14H2,1-3H3,(H,24,29)(H2,25,26,27,28). The zero-order valence-electron chi connectivity index (χ0n) is 17.1. The van der Waals surface area contributed by atoms with Crippen molar-refractivity contribution in [2.24, 2.45) is 0 Å². The largest absolute Gasteiger partial charge is 0.352 e. The summed E-state index contributed by atoms with van der Waals surface area (Å²) in [4.78, 5) is 21.1. The van der Waals surface area contributed by atoms with E-state index in [1.807, 2.05) is 61.5 Å². The molecule has 3 N–H and O–H groups in total. The minimum absolute atomic E-state index is 0.0821. The van der Waals surface area contributed by atoms with Crippen LogP contribution in [-0.2, 0) is 6.42 Å². The van der Waals surface area contributed by atoms with Gasteiger partial charge in [-0.15, -0.1) is 0 Å². The number of carbonyl (C=O) groups is 1. The number of hydrogen-bond acceptors (Lipinski definition) is 5. The Kier molecular flexibility index (Phi) is 6.79. The Balaban J connectivity index is 1.51. The Morgan fingerprint density at radius 2 is 1.66 bits per heavy atom. The van der Waals surface area contributed by atoms with E-state index in [4.69, 9.17) is 0 Å². The van der Waals surface area contributed by atoms with E-state index in [1.165, 1.54) is 11.1 Å². The van der Waals surface area contributed by atoms with Crippen molar-refractivity contribution in [1.82, 2.24) is 15.3 Å². The first-order chi connectivity index (χ1) is 14.0. The predicted molar refractivity (Wildman–Crippen MR) is 118 cm³/mol. The number of amides is 1. The van der Waals surface area contributed by atoms with Gasteiger partial charge in [-0.05, 0) is 50.1 Å². The van der Waals surface area contributed by atoms with Crippen molar-refractivity contribution < 1.29 is 4.79 Å². The summed E-state index contributed by atoms with van der Waals surface area (Å²) in [7, 11) is 0. The Bertz CT molecular complexity index is 952. The first kappa shape index (κ1) is 20.3. The Labute approximate surface area is 171 Å². The maximum atomic E-state index is 12.2. The van der Waals surface area contributed by atoms with Crippen LogP contribution in [0, 0.1) is 13.8 Å². The Morgan fingerprint density at radius 1 is 0.931 bits per heavy atom. The molecule has 1 amide bonds. The number of hydrogen-bond donors (Lipinski definition) is 3. The van der Waals surface area contributed by atoms with Gasteiger partial charge in [0, 0.05) is 36.1 Å². The average molecular weight is 390 g/mol. The van der Waals surface area contributed by atoms with Crippen LogP contribution in [0.4, 0.5) is 17.5 Å². The van der Waals surface area contributed by atoms with Crippen LogP contribution in [0.2, 0.25) is 0 Å². The van der Waals surface area contributed by atoms with Gasteiger partial charge in [0.1, 0.15) is 5.82 Å². The van der Waals surface area contributed by atoms with Crippen LogP contribution in [0.15, 0.2) is 54.6 Å². The van der Waals surface area contributed by atoms with Crippen LogP contribution in [0.1, 0.15) is 34.1 Å². The molecule has 1 aromatic heterocycles. The van der Waals surface area contributed by atoms with E-state index in [2.05, 4.69) is 39.8 Å². The molecular weight excluding hydrogens is 362 g/mol. The van der Waals surface area contributed by atoms with Crippen molar-refractivity contribution >= 4 is 23.4 Å². The van der Waals surface area contributed by atoms with E-state index < -0.39 is 0 Å². The van der Waals surface area contributed by atoms with Crippen molar-refractivity contribution in [1.29, 1.82) is 0 Å². The third-order valence-corrected chi connectivity index (χ3v) is 4.50. The van der Waals surface area contributed by atoms with Crippen LogP contribution in [-0.4, -0.2) is 29.0 Å². The normalized spacial score (nSPS) is 10.4. The van der Waals surface area contributed by atoms with Crippen molar-refractivity contribution in [3.63, 3.8) is 0 Å².